The second-order valence-electron chi connectivity index (χ2n) is 6.79. The maximum Gasteiger partial charge on any atom is 0.490 e. The number of hydrogen-bond donors (Lipinski definition) is 2. The number of piperazine rings is 1. The Labute approximate surface area is 181 Å². The van der Waals surface area contributed by atoms with E-state index in [0.717, 1.165) is 30.7 Å². The average molecular weight is 496 g/mol. The molecular weight excluding hydrogens is 471 g/mol. The summed E-state index contributed by atoms with van der Waals surface area (Å²) in [6.45, 7) is 7.59. The zero-order valence-corrected chi connectivity index (χ0v) is 18.3. The van der Waals surface area contributed by atoms with E-state index in [2.05, 4.69) is 21.2 Å². The summed E-state index contributed by atoms with van der Waals surface area (Å²) >= 11 is 3.39. The molecule has 1 saturated heterocycles. The van der Waals surface area contributed by atoms with Crippen molar-refractivity contribution in [2.24, 2.45) is 0 Å². The third kappa shape index (κ3) is 8.70. The normalized spacial score (nSPS) is 14.0. The topological polar surface area (TPSA) is 90.0 Å². The molecule has 0 aromatic heterocycles. The lowest BCUT2D eigenvalue weighted by molar-refractivity contribution is -0.192. The van der Waals surface area contributed by atoms with Gasteiger partial charge in [0.05, 0.1) is 0 Å². The molecule has 0 bridgehead atoms. The van der Waals surface area contributed by atoms with Gasteiger partial charge in [-0.1, -0.05) is 22.0 Å². The highest BCUT2D eigenvalue weighted by Crippen LogP contribution is 2.15. The van der Waals surface area contributed by atoms with Crippen LogP contribution in [0.25, 0.3) is 0 Å². The van der Waals surface area contributed by atoms with Crippen LogP contribution >= 0.6 is 15.9 Å². The number of nitrogens with zero attached hydrogens (tertiary/aromatic N) is 2. The Kier molecular flexibility index (Phi) is 10.3. The fourth-order valence-corrected chi connectivity index (χ4v) is 3.07. The van der Waals surface area contributed by atoms with Gasteiger partial charge in [-0.05, 0) is 32.0 Å². The molecule has 0 saturated carbocycles. The van der Waals surface area contributed by atoms with E-state index >= 15 is 0 Å². The first kappa shape index (κ1) is 25.9. The van der Waals surface area contributed by atoms with Gasteiger partial charge in [0.15, 0.2) is 0 Å². The van der Waals surface area contributed by atoms with Crippen molar-refractivity contribution < 1.29 is 32.7 Å². The lowest BCUT2D eigenvalue weighted by atomic mass is 10.1. The zero-order valence-electron chi connectivity index (χ0n) is 16.7. The fraction of sp³-hybridized carbons (Fsp3) is 0.526. The third-order valence-corrected chi connectivity index (χ3v) is 4.73. The summed E-state index contributed by atoms with van der Waals surface area (Å²) < 4.78 is 32.6. The number of alkyl halides is 3. The number of hydrogen-bond acceptors (Lipinski definition) is 4. The molecule has 11 heteroatoms. The Balaban J connectivity index is 0.000000553. The second-order valence-corrected chi connectivity index (χ2v) is 7.70. The van der Waals surface area contributed by atoms with Crippen LogP contribution in [0, 0.1) is 0 Å². The monoisotopic (exact) mass is 495 g/mol. The van der Waals surface area contributed by atoms with Gasteiger partial charge < -0.3 is 20.2 Å². The van der Waals surface area contributed by atoms with Crippen LogP contribution in [0.1, 0.15) is 30.6 Å². The highest BCUT2D eigenvalue weighted by Gasteiger charge is 2.38. The maximum absolute atomic E-state index is 12.7. The first-order valence-corrected chi connectivity index (χ1v) is 10.1. The summed E-state index contributed by atoms with van der Waals surface area (Å²) in [5.74, 6) is -2.67. The van der Waals surface area contributed by atoms with Crippen molar-refractivity contribution in [3.05, 3.63) is 34.3 Å². The van der Waals surface area contributed by atoms with E-state index in [-0.39, 0.29) is 17.9 Å². The summed E-state index contributed by atoms with van der Waals surface area (Å²) in [6.07, 6.45) is -4.71. The van der Waals surface area contributed by atoms with Gasteiger partial charge in [0.1, 0.15) is 0 Å². The number of benzene rings is 1. The van der Waals surface area contributed by atoms with Gasteiger partial charge in [-0.2, -0.15) is 13.2 Å². The largest absolute Gasteiger partial charge is 0.490 e. The van der Waals surface area contributed by atoms with Gasteiger partial charge in [-0.15, -0.1) is 0 Å². The minimum Gasteiger partial charge on any atom is -0.475 e. The minimum atomic E-state index is -5.08. The number of aliphatic carboxylic acids is 1. The van der Waals surface area contributed by atoms with Crippen molar-refractivity contribution in [1.82, 2.24) is 15.1 Å². The Morgan fingerprint density at radius 1 is 1.23 bits per heavy atom. The fourth-order valence-electron chi connectivity index (χ4n) is 2.67. The molecule has 1 heterocycles. The van der Waals surface area contributed by atoms with Crippen molar-refractivity contribution in [1.29, 1.82) is 0 Å². The standard InChI is InChI=1S/C17H24BrN3O2.C2HF3O2/c1-13(2)21(17(23)14-4-3-5-15(18)12-14)9-6-16(22)20-10-7-19-8-11-20;3-2(4,5)1(6)7/h3-5,12-13,19H,6-11H2,1-2H3;(H,6,7). The Morgan fingerprint density at radius 2 is 1.80 bits per heavy atom. The van der Waals surface area contributed by atoms with E-state index in [1.807, 2.05) is 36.9 Å². The van der Waals surface area contributed by atoms with E-state index in [1.54, 1.807) is 11.0 Å². The molecule has 2 amide bonds. The van der Waals surface area contributed by atoms with Gasteiger partial charge in [-0.25, -0.2) is 4.79 Å². The van der Waals surface area contributed by atoms with Gasteiger partial charge in [0.2, 0.25) is 5.91 Å². The minimum absolute atomic E-state index is 0.0330. The summed E-state index contributed by atoms with van der Waals surface area (Å²) in [5.41, 5.74) is 0.641. The molecule has 0 aliphatic carbocycles. The van der Waals surface area contributed by atoms with E-state index < -0.39 is 12.1 Å². The van der Waals surface area contributed by atoms with E-state index in [1.165, 1.54) is 0 Å². The Bertz CT molecular complexity index is 738. The highest BCUT2D eigenvalue weighted by atomic mass is 79.9. The van der Waals surface area contributed by atoms with Gasteiger partial charge >= 0.3 is 12.1 Å². The van der Waals surface area contributed by atoms with E-state index in [9.17, 15) is 22.8 Å². The first-order chi connectivity index (χ1) is 13.9. The van der Waals surface area contributed by atoms with Crippen LogP contribution in [-0.2, 0) is 9.59 Å². The third-order valence-electron chi connectivity index (χ3n) is 4.23. The van der Waals surface area contributed by atoms with Crippen LogP contribution in [0.5, 0.6) is 0 Å². The molecule has 30 heavy (non-hydrogen) atoms. The maximum atomic E-state index is 12.7. The SMILES string of the molecule is CC(C)N(CCC(=O)N1CCNCC1)C(=O)c1cccc(Br)c1.O=C(O)C(F)(F)F. The molecule has 0 spiro atoms. The lowest BCUT2D eigenvalue weighted by Crippen LogP contribution is -2.47. The number of carbonyl (C=O) groups excluding carboxylic acids is 2. The summed E-state index contributed by atoms with van der Waals surface area (Å²) in [4.78, 5) is 37.5. The van der Waals surface area contributed by atoms with Crippen LogP contribution in [-0.4, -0.2) is 77.6 Å². The number of carbonyl (C=O) groups is 3. The van der Waals surface area contributed by atoms with Crippen molar-refractivity contribution in [2.75, 3.05) is 32.7 Å². The predicted molar refractivity (Wildman–Crippen MR) is 108 cm³/mol. The predicted octanol–water partition coefficient (Wildman–Crippen LogP) is 2.75. The molecule has 1 aliphatic heterocycles. The van der Waals surface area contributed by atoms with Crippen LogP contribution < -0.4 is 5.32 Å². The van der Waals surface area contributed by atoms with Crippen molar-refractivity contribution in [3.63, 3.8) is 0 Å². The van der Waals surface area contributed by atoms with Gasteiger partial charge in [0.25, 0.3) is 5.91 Å². The highest BCUT2D eigenvalue weighted by molar-refractivity contribution is 9.10. The van der Waals surface area contributed by atoms with E-state index in [4.69, 9.17) is 9.90 Å². The van der Waals surface area contributed by atoms with Gasteiger partial charge in [0, 0.05) is 55.2 Å². The van der Waals surface area contributed by atoms with Crippen molar-refractivity contribution in [3.8, 4) is 0 Å². The van der Waals surface area contributed by atoms with Gasteiger partial charge in [-0.3, -0.25) is 9.59 Å². The summed E-state index contributed by atoms with van der Waals surface area (Å²) in [6, 6.07) is 7.42. The van der Waals surface area contributed by atoms with Crippen molar-refractivity contribution >= 4 is 33.7 Å². The smallest absolute Gasteiger partial charge is 0.475 e. The van der Waals surface area contributed by atoms with Crippen LogP contribution in [0.15, 0.2) is 28.7 Å². The quantitative estimate of drug-likeness (QED) is 0.655. The van der Waals surface area contributed by atoms with Crippen LogP contribution in [0.3, 0.4) is 0 Å². The Morgan fingerprint density at radius 3 is 2.27 bits per heavy atom. The van der Waals surface area contributed by atoms with Crippen LogP contribution in [0.4, 0.5) is 13.2 Å². The summed E-state index contributed by atoms with van der Waals surface area (Å²) in [5, 5.41) is 10.4. The van der Waals surface area contributed by atoms with Crippen molar-refractivity contribution in [2.45, 2.75) is 32.5 Å². The molecule has 0 unspecified atom stereocenters. The number of nitrogens with one attached hydrogen (secondary N) is 1. The molecule has 1 aromatic carbocycles. The number of carboxylic acids is 1. The lowest BCUT2D eigenvalue weighted by Gasteiger charge is -2.30. The molecule has 0 radical (unpaired) electrons. The summed E-state index contributed by atoms with van der Waals surface area (Å²) in [7, 11) is 0. The van der Waals surface area contributed by atoms with E-state index in [0.29, 0.717) is 18.5 Å². The second kappa shape index (κ2) is 11.9. The molecule has 1 fully saturated rings. The zero-order chi connectivity index (χ0) is 22.9. The molecule has 1 aromatic rings. The number of halogens is 4. The molecule has 2 N–H and O–H groups in total. The molecule has 168 valence electrons. The molecule has 2 rings (SSSR count). The first-order valence-electron chi connectivity index (χ1n) is 9.28. The molecule has 7 nitrogen and oxygen atoms in total. The molecule has 0 atom stereocenters. The molecular formula is C19H25BrF3N3O4. The van der Waals surface area contributed by atoms with Crippen LogP contribution in [0.2, 0.25) is 0 Å². The number of rotatable bonds is 5. The number of amides is 2. The number of carboxylic acid groups (broad SMARTS) is 1. The average Bonchev–Trinajstić information content (AvgIpc) is 2.68. The Hall–Kier alpha value is -2.14. The molecule has 1 aliphatic rings.